The molecule has 0 saturated carbocycles. The van der Waals surface area contributed by atoms with Crippen LogP contribution in [0.4, 0.5) is 4.39 Å². The SMILES string of the molecule is CCC(F)Br. The summed E-state index contributed by atoms with van der Waals surface area (Å²) in [5, 5.41) is -0.803. The molecule has 0 aromatic heterocycles. The molecule has 0 heterocycles. The summed E-state index contributed by atoms with van der Waals surface area (Å²) in [4.78, 5) is 0. The molecule has 0 aromatic rings. The summed E-state index contributed by atoms with van der Waals surface area (Å²) in [6, 6.07) is 0. The third-order valence-electron chi connectivity index (χ3n) is 0.309. The van der Waals surface area contributed by atoms with E-state index in [1.165, 1.54) is 0 Å². The van der Waals surface area contributed by atoms with Crippen molar-refractivity contribution in [1.29, 1.82) is 0 Å². The Balaban J connectivity index is 2.54. The Labute approximate surface area is 39.5 Å². The normalized spacial score (nSPS) is 15.0. The lowest BCUT2D eigenvalue weighted by molar-refractivity contribution is 0.452. The van der Waals surface area contributed by atoms with Crippen molar-refractivity contribution in [2.45, 2.75) is 18.4 Å². The van der Waals surface area contributed by atoms with E-state index in [9.17, 15) is 4.39 Å². The zero-order valence-corrected chi connectivity index (χ0v) is 4.63. The van der Waals surface area contributed by atoms with Gasteiger partial charge in [-0.1, -0.05) is 22.9 Å². The van der Waals surface area contributed by atoms with Crippen LogP contribution in [-0.4, -0.2) is 5.08 Å². The van der Waals surface area contributed by atoms with Gasteiger partial charge in [-0.25, -0.2) is 4.39 Å². The molecule has 0 aromatic carbocycles. The molecule has 0 aliphatic rings. The van der Waals surface area contributed by atoms with Crippen LogP contribution in [0.15, 0.2) is 0 Å². The van der Waals surface area contributed by atoms with Gasteiger partial charge in [-0.3, -0.25) is 0 Å². The molecule has 0 aliphatic heterocycles. The third kappa shape index (κ3) is 4.41. The third-order valence-corrected chi connectivity index (χ3v) is 0.956. The molecule has 0 fully saturated rings. The van der Waals surface area contributed by atoms with Crippen molar-refractivity contribution >= 4 is 15.9 Å². The summed E-state index contributed by atoms with van der Waals surface area (Å²) in [6.07, 6.45) is 0.556. The molecule has 2 heteroatoms. The Hall–Kier alpha value is 0.410. The first kappa shape index (κ1) is 5.41. The van der Waals surface area contributed by atoms with Gasteiger partial charge in [0.1, 0.15) is 0 Å². The highest BCUT2D eigenvalue weighted by Crippen LogP contribution is 2.02. The predicted octanol–water partition coefficient (Wildman–Crippen LogP) is 2.09. The van der Waals surface area contributed by atoms with Gasteiger partial charge < -0.3 is 0 Å². The predicted molar refractivity (Wildman–Crippen MR) is 24.1 cm³/mol. The molecule has 1 unspecified atom stereocenters. The van der Waals surface area contributed by atoms with E-state index in [4.69, 9.17) is 0 Å². The van der Waals surface area contributed by atoms with Crippen molar-refractivity contribution in [3.63, 3.8) is 0 Å². The highest BCUT2D eigenvalue weighted by molar-refractivity contribution is 9.09. The first-order valence-electron chi connectivity index (χ1n) is 1.55. The fourth-order valence-corrected chi connectivity index (χ4v) is 0. The first-order chi connectivity index (χ1) is 2.27. The maximum atomic E-state index is 11.3. The molecule has 0 saturated heterocycles. The molecule has 0 nitrogen and oxygen atoms in total. The van der Waals surface area contributed by atoms with Crippen LogP contribution in [0.5, 0.6) is 0 Å². The topological polar surface area (TPSA) is 0 Å². The lowest BCUT2D eigenvalue weighted by atomic mass is 10.6. The number of alkyl halides is 2. The smallest absolute Gasteiger partial charge is 0.154 e. The Bertz CT molecular complexity index is 20.9. The number of hydrogen-bond acceptors (Lipinski definition) is 0. The Kier molecular flexibility index (Phi) is 2.85. The molecule has 5 heavy (non-hydrogen) atoms. The number of hydrogen-bond donors (Lipinski definition) is 0. The van der Waals surface area contributed by atoms with Gasteiger partial charge in [0.15, 0.2) is 5.08 Å². The lowest BCUT2D eigenvalue weighted by Gasteiger charge is -1.83. The molecule has 0 N–H and O–H groups in total. The van der Waals surface area contributed by atoms with Crippen LogP contribution in [-0.2, 0) is 0 Å². The van der Waals surface area contributed by atoms with Crippen molar-refractivity contribution in [3.8, 4) is 0 Å². The summed E-state index contributed by atoms with van der Waals surface area (Å²) in [5.74, 6) is 0. The van der Waals surface area contributed by atoms with Crippen LogP contribution in [0.2, 0.25) is 0 Å². The molecule has 0 bridgehead atoms. The molecular weight excluding hydrogens is 135 g/mol. The quantitative estimate of drug-likeness (QED) is 0.490. The molecule has 1 atom stereocenters. The van der Waals surface area contributed by atoms with Crippen LogP contribution in [0.25, 0.3) is 0 Å². The Morgan fingerprint density at radius 3 is 2.20 bits per heavy atom. The first-order valence-corrected chi connectivity index (χ1v) is 2.47. The lowest BCUT2D eigenvalue weighted by Crippen LogP contribution is -1.77. The fourth-order valence-electron chi connectivity index (χ4n) is 0. The second kappa shape index (κ2) is 2.64. The maximum absolute atomic E-state index is 11.3. The molecule has 32 valence electrons. The van der Waals surface area contributed by atoms with Crippen LogP contribution < -0.4 is 0 Å². The highest BCUT2D eigenvalue weighted by atomic mass is 79.9. The summed E-state index contributed by atoms with van der Waals surface area (Å²) in [5.41, 5.74) is 0. The van der Waals surface area contributed by atoms with Gasteiger partial charge in [0.05, 0.1) is 0 Å². The molecule has 0 aliphatic carbocycles. The zero-order chi connectivity index (χ0) is 4.28. The van der Waals surface area contributed by atoms with E-state index in [1.807, 2.05) is 0 Å². The van der Waals surface area contributed by atoms with Crippen molar-refractivity contribution in [2.24, 2.45) is 0 Å². The molecule has 0 amide bonds. The second-order valence-corrected chi connectivity index (χ2v) is 1.79. The van der Waals surface area contributed by atoms with E-state index in [0.29, 0.717) is 6.42 Å². The number of rotatable bonds is 1. The van der Waals surface area contributed by atoms with E-state index >= 15 is 0 Å². The average Bonchev–Trinajstić information content (AvgIpc) is 1.38. The van der Waals surface area contributed by atoms with Crippen LogP contribution >= 0.6 is 15.9 Å². The largest absolute Gasteiger partial charge is 0.235 e. The Morgan fingerprint density at radius 1 is 2.00 bits per heavy atom. The van der Waals surface area contributed by atoms with Crippen LogP contribution in [0, 0.1) is 0 Å². The standard InChI is InChI=1S/C3H6BrF/c1-2-3(4)5/h3H,2H2,1H3. The summed E-state index contributed by atoms with van der Waals surface area (Å²) in [7, 11) is 0. The van der Waals surface area contributed by atoms with Gasteiger partial charge in [-0.05, 0) is 6.42 Å². The average molecular weight is 141 g/mol. The number of halogens is 2. The van der Waals surface area contributed by atoms with Crippen molar-refractivity contribution in [1.82, 2.24) is 0 Å². The van der Waals surface area contributed by atoms with Gasteiger partial charge in [0, 0.05) is 0 Å². The highest BCUT2D eigenvalue weighted by Gasteiger charge is 1.88. The van der Waals surface area contributed by atoms with Crippen molar-refractivity contribution < 1.29 is 4.39 Å². The fraction of sp³-hybridized carbons (Fsp3) is 1.00. The van der Waals surface area contributed by atoms with Crippen molar-refractivity contribution in [2.75, 3.05) is 0 Å². The van der Waals surface area contributed by atoms with E-state index < -0.39 is 5.08 Å². The summed E-state index contributed by atoms with van der Waals surface area (Å²) < 4.78 is 11.3. The minimum atomic E-state index is -0.803. The van der Waals surface area contributed by atoms with Gasteiger partial charge in [0.2, 0.25) is 0 Å². The molecule has 0 radical (unpaired) electrons. The van der Waals surface area contributed by atoms with E-state index in [2.05, 4.69) is 15.9 Å². The van der Waals surface area contributed by atoms with E-state index in [-0.39, 0.29) is 0 Å². The zero-order valence-electron chi connectivity index (χ0n) is 3.04. The van der Waals surface area contributed by atoms with Gasteiger partial charge >= 0.3 is 0 Å². The molecule has 0 rings (SSSR count). The maximum Gasteiger partial charge on any atom is 0.154 e. The summed E-state index contributed by atoms with van der Waals surface area (Å²) >= 11 is 2.71. The van der Waals surface area contributed by atoms with Crippen LogP contribution in [0.1, 0.15) is 13.3 Å². The van der Waals surface area contributed by atoms with E-state index in [0.717, 1.165) is 0 Å². The van der Waals surface area contributed by atoms with Gasteiger partial charge in [-0.15, -0.1) is 0 Å². The van der Waals surface area contributed by atoms with Gasteiger partial charge in [0.25, 0.3) is 0 Å². The van der Waals surface area contributed by atoms with Gasteiger partial charge in [-0.2, -0.15) is 0 Å². The monoisotopic (exact) mass is 140 g/mol. The molecular formula is C3H6BrF. The van der Waals surface area contributed by atoms with Crippen molar-refractivity contribution in [3.05, 3.63) is 0 Å². The minimum absolute atomic E-state index is 0.556. The van der Waals surface area contributed by atoms with E-state index in [1.54, 1.807) is 6.92 Å². The minimum Gasteiger partial charge on any atom is -0.235 e. The Morgan fingerprint density at radius 2 is 2.20 bits per heavy atom. The molecule has 0 spiro atoms. The second-order valence-electron chi connectivity index (χ2n) is 0.799. The van der Waals surface area contributed by atoms with Crippen LogP contribution in [0.3, 0.4) is 0 Å². The summed E-state index contributed by atoms with van der Waals surface area (Å²) in [6.45, 7) is 1.78.